The van der Waals surface area contributed by atoms with E-state index < -0.39 is 0 Å². The molecule has 0 saturated carbocycles. The first-order valence-corrected chi connectivity index (χ1v) is 7.02. The van der Waals surface area contributed by atoms with E-state index in [4.69, 9.17) is 0 Å². The molecule has 0 aliphatic carbocycles. The molecule has 1 aromatic carbocycles. The molecule has 0 aliphatic heterocycles. The molecular weight excluding hydrogens is 246 g/mol. The first-order chi connectivity index (χ1) is 9.56. The fourth-order valence-corrected chi connectivity index (χ4v) is 2.20. The van der Waals surface area contributed by atoms with Crippen molar-refractivity contribution in [3.8, 4) is 0 Å². The molecule has 3 nitrogen and oxygen atoms in total. The van der Waals surface area contributed by atoms with Gasteiger partial charge in [0.25, 0.3) is 0 Å². The summed E-state index contributed by atoms with van der Waals surface area (Å²) in [4.78, 5) is 10.1. The zero-order valence-electron chi connectivity index (χ0n) is 12.7. The van der Waals surface area contributed by atoms with Gasteiger partial charge in [-0.25, -0.2) is 0 Å². The zero-order valence-corrected chi connectivity index (χ0v) is 12.7. The van der Waals surface area contributed by atoms with Crippen LogP contribution in [0.25, 0.3) is 0 Å². The van der Waals surface area contributed by atoms with E-state index in [1.54, 1.807) is 0 Å². The number of H-pyrrole nitrogens is 1. The van der Waals surface area contributed by atoms with Gasteiger partial charge in [0.05, 0.1) is 17.6 Å². The lowest BCUT2D eigenvalue weighted by Gasteiger charge is -2.08. The van der Waals surface area contributed by atoms with Gasteiger partial charge in [-0.3, -0.25) is 4.99 Å². The molecule has 106 valence electrons. The van der Waals surface area contributed by atoms with Crippen LogP contribution in [0.1, 0.15) is 36.7 Å². The number of aromatic amines is 1. The average Bonchev–Trinajstić information content (AvgIpc) is 2.83. The second kappa shape index (κ2) is 6.53. The summed E-state index contributed by atoms with van der Waals surface area (Å²) < 4.78 is 0. The van der Waals surface area contributed by atoms with Gasteiger partial charge >= 0.3 is 0 Å². The van der Waals surface area contributed by atoms with Gasteiger partial charge in [-0.1, -0.05) is 32.0 Å². The average molecular weight is 269 g/mol. The number of rotatable bonds is 5. The van der Waals surface area contributed by atoms with E-state index in [0.29, 0.717) is 5.92 Å². The highest BCUT2D eigenvalue weighted by molar-refractivity contribution is 5.80. The normalized spacial score (nSPS) is 11.9. The third-order valence-corrected chi connectivity index (χ3v) is 3.16. The van der Waals surface area contributed by atoms with E-state index in [1.165, 1.54) is 11.3 Å². The number of benzene rings is 1. The lowest BCUT2D eigenvalue weighted by molar-refractivity contribution is 0.398. The molecule has 0 radical (unpaired) electrons. The summed E-state index contributed by atoms with van der Waals surface area (Å²) in [5.74, 6) is 0.483. The molecule has 0 saturated heterocycles. The lowest BCUT2D eigenvalue weighted by atomic mass is 10.0. The molecule has 2 rings (SSSR count). The molecule has 0 fully saturated rings. The Bertz CT molecular complexity index is 579. The SMILES string of the molecule is CC(C)c1ccccc1N=Cc1ccc(CN(C)C)[nH]1. The van der Waals surface area contributed by atoms with Crippen molar-refractivity contribution in [2.75, 3.05) is 14.1 Å². The maximum absolute atomic E-state index is 4.62. The minimum absolute atomic E-state index is 0.483. The lowest BCUT2D eigenvalue weighted by Crippen LogP contribution is -2.10. The minimum atomic E-state index is 0.483. The van der Waals surface area contributed by atoms with E-state index in [1.807, 2.05) is 12.3 Å². The predicted molar refractivity (Wildman–Crippen MR) is 86.0 cm³/mol. The Kier molecular flexibility index (Phi) is 4.74. The number of hydrogen-bond donors (Lipinski definition) is 1. The maximum Gasteiger partial charge on any atom is 0.0665 e. The molecule has 1 aromatic heterocycles. The van der Waals surface area contributed by atoms with Crippen LogP contribution in [0.15, 0.2) is 41.4 Å². The molecule has 0 spiro atoms. The quantitative estimate of drug-likeness (QED) is 0.819. The molecule has 20 heavy (non-hydrogen) atoms. The van der Waals surface area contributed by atoms with Gasteiger partial charge in [0, 0.05) is 12.2 Å². The van der Waals surface area contributed by atoms with E-state index >= 15 is 0 Å². The Morgan fingerprint density at radius 3 is 2.60 bits per heavy atom. The molecule has 0 bridgehead atoms. The Balaban J connectivity index is 2.15. The van der Waals surface area contributed by atoms with Crippen LogP contribution in [0, 0.1) is 0 Å². The maximum atomic E-state index is 4.62. The van der Waals surface area contributed by atoms with Gasteiger partial charge in [0.2, 0.25) is 0 Å². The highest BCUT2D eigenvalue weighted by Crippen LogP contribution is 2.26. The molecule has 2 aromatic rings. The van der Waals surface area contributed by atoms with Gasteiger partial charge in [0.15, 0.2) is 0 Å². The van der Waals surface area contributed by atoms with Gasteiger partial charge in [0.1, 0.15) is 0 Å². The minimum Gasteiger partial charge on any atom is -0.357 e. The summed E-state index contributed by atoms with van der Waals surface area (Å²) in [6, 6.07) is 12.5. The van der Waals surface area contributed by atoms with Gasteiger partial charge in [-0.15, -0.1) is 0 Å². The summed E-state index contributed by atoms with van der Waals surface area (Å²) in [5.41, 5.74) is 4.57. The van der Waals surface area contributed by atoms with Crippen LogP contribution in [-0.2, 0) is 6.54 Å². The first kappa shape index (κ1) is 14.5. The Labute approximate surface area is 121 Å². The Morgan fingerprint density at radius 1 is 1.15 bits per heavy atom. The highest BCUT2D eigenvalue weighted by atomic mass is 15.1. The van der Waals surface area contributed by atoms with Crippen molar-refractivity contribution in [3.05, 3.63) is 53.3 Å². The summed E-state index contributed by atoms with van der Waals surface area (Å²) in [5, 5.41) is 0. The first-order valence-electron chi connectivity index (χ1n) is 7.02. The van der Waals surface area contributed by atoms with Crippen molar-refractivity contribution in [1.82, 2.24) is 9.88 Å². The van der Waals surface area contributed by atoms with Crippen LogP contribution in [0.4, 0.5) is 5.69 Å². The number of nitrogens with one attached hydrogen (secondary N) is 1. The van der Waals surface area contributed by atoms with E-state index in [-0.39, 0.29) is 0 Å². The molecular formula is C17H23N3. The van der Waals surface area contributed by atoms with Crippen LogP contribution in [0.2, 0.25) is 0 Å². The molecule has 0 amide bonds. The van der Waals surface area contributed by atoms with Gasteiger partial charge < -0.3 is 9.88 Å². The second-order valence-corrected chi connectivity index (χ2v) is 5.65. The summed E-state index contributed by atoms with van der Waals surface area (Å²) in [6.45, 7) is 5.30. The molecule has 0 unspecified atom stereocenters. The molecule has 0 atom stereocenters. The van der Waals surface area contributed by atoms with Crippen molar-refractivity contribution in [2.45, 2.75) is 26.3 Å². The van der Waals surface area contributed by atoms with Crippen LogP contribution in [-0.4, -0.2) is 30.2 Å². The van der Waals surface area contributed by atoms with E-state index in [0.717, 1.165) is 17.9 Å². The topological polar surface area (TPSA) is 31.4 Å². The van der Waals surface area contributed by atoms with Crippen molar-refractivity contribution < 1.29 is 0 Å². The Morgan fingerprint density at radius 2 is 1.90 bits per heavy atom. The molecule has 1 heterocycles. The summed E-state index contributed by atoms with van der Waals surface area (Å²) in [6.07, 6.45) is 1.90. The number of hydrogen-bond acceptors (Lipinski definition) is 2. The summed E-state index contributed by atoms with van der Waals surface area (Å²) >= 11 is 0. The van der Waals surface area contributed by atoms with Crippen LogP contribution >= 0.6 is 0 Å². The van der Waals surface area contributed by atoms with E-state index in [9.17, 15) is 0 Å². The third-order valence-electron chi connectivity index (χ3n) is 3.16. The number of para-hydroxylation sites is 1. The van der Waals surface area contributed by atoms with Crippen molar-refractivity contribution in [2.24, 2.45) is 4.99 Å². The third kappa shape index (κ3) is 3.81. The monoisotopic (exact) mass is 269 g/mol. The van der Waals surface area contributed by atoms with Crippen LogP contribution < -0.4 is 0 Å². The number of nitrogens with zero attached hydrogens (tertiary/aromatic N) is 2. The number of aliphatic imine (C=N–C) groups is 1. The summed E-state index contributed by atoms with van der Waals surface area (Å²) in [7, 11) is 4.13. The Hall–Kier alpha value is -1.87. The molecule has 0 aliphatic rings. The standard InChI is InChI=1S/C17H23N3/c1-13(2)16-7-5-6-8-17(16)18-11-14-9-10-15(19-14)12-20(3)4/h5-11,13,19H,12H2,1-4H3. The van der Waals surface area contributed by atoms with Crippen LogP contribution in [0.5, 0.6) is 0 Å². The highest BCUT2D eigenvalue weighted by Gasteiger charge is 2.04. The fraction of sp³-hybridized carbons (Fsp3) is 0.353. The van der Waals surface area contributed by atoms with Gasteiger partial charge in [-0.05, 0) is 43.8 Å². The van der Waals surface area contributed by atoms with E-state index in [2.05, 4.69) is 73.2 Å². The predicted octanol–water partition coefficient (Wildman–Crippen LogP) is 3.95. The van der Waals surface area contributed by atoms with Crippen molar-refractivity contribution in [3.63, 3.8) is 0 Å². The van der Waals surface area contributed by atoms with Crippen molar-refractivity contribution in [1.29, 1.82) is 0 Å². The largest absolute Gasteiger partial charge is 0.357 e. The fourth-order valence-electron chi connectivity index (χ4n) is 2.20. The smallest absolute Gasteiger partial charge is 0.0665 e. The second-order valence-electron chi connectivity index (χ2n) is 5.65. The number of aromatic nitrogens is 1. The molecule has 1 N–H and O–H groups in total. The van der Waals surface area contributed by atoms with Crippen molar-refractivity contribution >= 4 is 11.9 Å². The van der Waals surface area contributed by atoms with Crippen LogP contribution in [0.3, 0.4) is 0 Å². The van der Waals surface area contributed by atoms with Gasteiger partial charge in [-0.2, -0.15) is 0 Å². The zero-order chi connectivity index (χ0) is 14.5. The molecule has 3 heteroatoms.